The number of halogens is 1. The lowest BCUT2D eigenvalue weighted by Gasteiger charge is -2.26. The van der Waals surface area contributed by atoms with Crippen molar-refractivity contribution in [1.82, 2.24) is 4.90 Å². The maximum atomic E-state index is 14.0. The highest BCUT2D eigenvalue weighted by molar-refractivity contribution is 6.00. The van der Waals surface area contributed by atoms with E-state index in [2.05, 4.69) is 0 Å². The van der Waals surface area contributed by atoms with E-state index in [9.17, 15) is 14.0 Å². The second kappa shape index (κ2) is 6.90. The fourth-order valence-electron chi connectivity index (χ4n) is 3.56. The molecule has 2 aliphatic rings. The Hall–Kier alpha value is -2.69. The third-order valence-corrected chi connectivity index (χ3v) is 5.08. The Morgan fingerprint density at radius 1 is 1.08 bits per heavy atom. The summed E-state index contributed by atoms with van der Waals surface area (Å²) < 4.78 is 14.0. The third-order valence-electron chi connectivity index (χ3n) is 5.08. The Labute approximate surface area is 152 Å². The van der Waals surface area contributed by atoms with Crippen molar-refractivity contribution < 1.29 is 14.0 Å². The van der Waals surface area contributed by atoms with Crippen LogP contribution in [0.4, 0.5) is 10.1 Å². The van der Waals surface area contributed by atoms with Gasteiger partial charge in [0, 0.05) is 25.6 Å². The van der Waals surface area contributed by atoms with Crippen LogP contribution in [0.15, 0.2) is 54.6 Å². The molecule has 0 bridgehead atoms. The maximum Gasteiger partial charge on any atom is 0.228 e. The zero-order valence-corrected chi connectivity index (χ0v) is 14.5. The molecule has 0 unspecified atom stereocenters. The molecule has 26 heavy (non-hydrogen) atoms. The summed E-state index contributed by atoms with van der Waals surface area (Å²) in [6.07, 6.45) is 2.16. The van der Waals surface area contributed by atoms with E-state index in [-0.39, 0.29) is 36.5 Å². The smallest absolute Gasteiger partial charge is 0.228 e. The molecule has 1 saturated heterocycles. The van der Waals surface area contributed by atoms with E-state index < -0.39 is 11.7 Å². The van der Waals surface area contributed by atoms with E-state index in [0.717, 1.165) is 18.4 Å². The zero-order valence-electron chi connectivity index (χ0n) is 14.5. The van der Waals surface area contributed by atoms with Crippen molar-refractivity contribution in [2.75, 3.05) is 11.4 Å². The Morgan fingerprint density at radius 2 is 1.77 bits per heavy atom. The van der Waals surface area contributed by atoms with Crippen molar-refractivity contribution in [3.63, 3.8) is 0 Å². The maximum absolute atomic E-state index is 14.0. The molecular formula is C21H21FN2O2. The van der Waals surface area contributed by atoms with Crippen molar-refractivity contribution in [1.29, 1.82) is 0 Å². The molecule has 0 aromatic heterocycles. The van der Waals surface area contributed by atoms with Crippen molar-refractivity contribution in [3.8, 4) is 0 Å². The van der Waals surface area contributed by atoms with Gasteiger partial charge in [0.15, 0.2) is 0 Å². The fraction of sp³-hybridized carbons (Fsp3) is 0.333. The topological polar surface area (TPSA) is 40.6 Å². The lowest BCUT2D eigenvalue weighted by molar-refractivity contribution is -0.137. The van der Waals surface area contributed by atoms with Crippen molar-refractivity contribution >= 4 is 17.5 Å². The van der Waals surface area contributed by atoms with Crippen LogP contribution in [0, 0.1) is 11.7 Å². The molecule has 2 aromatic rings. The second-order valence-electron chi connectivity index (χ2n) is 7.04. The molecule has 0 N–H and O–H groups in total. The molecular weight excluding hydrogens is 331 g/mol. The van der Waals surface area contributed by atoms with E-state index in [1.807, 2.05) is 35.2 Å². The first kappa shape index (κ1) is 16.8. The van der Waals surface area contributed by atoms with Gasteiger partial charge in [-0.2, -0.15) is 0 Å². The molecule has 1 saturated carbocycles. The summed E-state index contributed by atoms with van der Waals surface area (Å²) in [6, 6.07) is 16.4. The number of amides is 2. The summed E-state index contributed by atoms with van der Waals surface area (Å²) in [5, 5.41) is 0. The van der Waals surface area contributed by atoms with Gasteiger partial charge < -0.3 is 9.80 Å². The minimum atomic E-state index is -0.433. The molecule has 0 spiro atoms. The summed E-state index contributed by atoms with van der Waals surface area (Å²) >= 11 is 0. The number of carbonyl (C=O) groups is 2. The number of anilines is 1. The van der Waals surface area contributed by atoms with Crippen LogP contribution < -0.4 is 4.90 Å². The van der Waals surface area contributed by atoms with Gasteiger partial charge in [-0.3, -0.25) is 9.59 Å². The highest BCUT2D eigenvalue weighted by Gasteiger charge is 2.41. The van der Waals surface area contributed by atoms with Crippen LogP contribution in [-0.4, -0.2) is 29.3 Å². The Kier molecular flexibility index (Phi) is 4.45. The normalized spacial score (nSPS) is 19.7. The minimum absolute atomic E-state index is 0.00328. The van der Waals surface area contributed by atoms with Gasteiger partial charge in [-0.05, 0) is 30.5 Å². The molecule has 5 heteroatoms. The predicted octanol–water partition coefficient (Wildman–Crippen LogP) is 3.37. The molecule has 4 rings (SSSR count). The van der Waals surface area contributed by atoms with Crippen molar-refractivity contribution in [2.24, 2.45) is 5.92 Å². The minimum Gasteiger partial charge on any atom is -0.335 e. The molecule has 2 amide bonds. The SMILES string of the molecule is O=C1C[C@H](C(=O)N(Cc2ccccc2)C2CC2)CN1c1ccccc1F. The summed E-state index contributed by atoms with van der Waals surface area (Å²) in [5.41, 5.74) is 1.34. The number of rotatable bonds is 5. The van der Waals surface area contributed by atoms with Gasteiger partial charge in [-0.1, -0.05) is 42.5 Å². The third kappa shape index (κ3) is 3.34. The van der Waals surface area contributed by atoms with Crippen molar-refractivity contribution in [3.05, 3.63) is 66.0 Å². The average molecular weight is 352 g/mol. The van der Waals surface area contributed by atoms with Crippen LogP contribution in [-0.2, 0) is 16.1 Å². The quantitative estimate of drug-likeness (QED) is 0.828. The number of hydrogen-bond donors (Lipinski definition) is 0. The molecule has 0 radical (unpaired) electrons. The molecule has 2 aromatic carbocycles. The van der Waals surface area contributed by atoms with Crippen LogP contribution in [0.3, 0.4) is 0 Å². The molecule has 2 fully saturated rings. The largest absolute Gasteiger partial charge is 0.335 e. The fourth-order valence-corrected chi connectivity index (χ4v) is 3.56. The summed E-state index contributed by atoms with van der Waals surface area (Å²) in [5.74, 6) is -1.03. The van der Waals surface area contributed by atoms with Gasteiger partial charge in [0.1, 0.15) is 5.82 Å². The Morgan fingerprint density at radius 3 is 2.46 bits per heavy atom. The highest BCUT2D eigenvalue weighted by Crippen LogP contribution is 2.33. The first-order valence-corrected chi connectivity index (χ1v) is 9.03. The lowest BCUT2D eigenvalue weighted by atomic mass is 10.1. The molecule has 1 aliphatic carbocycles. The summed E-state index contributed by atoms with van der Waals surface area (Å²) in [7, 11) is 0. The first-order valence-electron chi connectivity index (χ1n) is 9.03. The van der Waals surface area contributed by atoms with Crippen LogP contribution >= 0.6 is 0 Å². The molecule has 1 heterocycles. The van der Waals surface area contributed by atoms with E-state index in [0.29, 0.717) is 6.54 Å². The van der Waals surface area contributed by atoms with Crippen LogP contribution in [0.1, 0.15) is 24.8 Å². The molecule has 134 valence electrons. The summed E-state index contributed by atoms with van der Waals surface area (Å²) in [6.45, 7) is 0.811. The van der Waals surface area contributed by atoms with Gasteiger partial charge in [0.05, 0.1) is 11.6 Å². The van der Waals surface area contributed by atoms with Gasteiger partial charge in [0.25, 0.3) is 0 Å². The van der Waals surface area contributed by atoms with E-state index in [1.54, 1.807) is 18.2 Å². The van der Waals surface area contributed by atoms with E-state index in [4.69, 9.17) is 0 Å². The Bertz CT molecular complexity index is 820. The van der Waals surface area contributed by atoms with Gasteiger partial charge in [0.2, 0.25) is 11.8 Å². The number of nitrogens with zero attached hydrogens (tertiary/aromatic N) is 2. The lowest BCUT2D eigenvalue weighted by Crippen LogP contribution is -2.38. The number of benzene rings is 2. The van der Waals surface area contributed by atoms with Crippen LogP contribution in [0.2, 0.25) is 0 Å². The number of carbonyl (C=O) groups excluding carboxylic acids is 2. The Balaban J connectivity index is 1.50. The molecule has 4 nitrogen and oxygen atoms in total. The van der Waals surface area contributed by atoms with Gasteiger partial charge >= 0.3 is 0 Å². The monoisotopic (exact) mass is 352 g/mol. The van der Waals surface area contributed by atoms with Crippen LogP contribution in [0.25, 0.3) is 0 Å². The number of hydrogen-bond acceptors (Lipinski definition) is 2. The number of para-hydroxylation sites is 1. The molecule has 1 aliphatic heterocycles. The van der Waals surface area contributed by atoms with Crippen LogP contribution in [0.5, 0.6) is 0 Å². The van der Waals surface area contributed by atoms with Crippen molar-refractivity contribution in [2.45, 2.75) is 31.8 Å². The predicted molar refractivity (Wildman–Crippen MR) is 96.9 cm³/mol. The first-order chi connectivity index (χ1) is 12.6. The van der Waals surface area contributed by atoms with E-state index in [1.165, 1.54) is 11.0 Å². The average Bonchev–Trinajstić information content (AvgIpc) is 3.42. The second-order valence-corrected chi connectivity index (χ2v) is 7.04. The molecule has 1 atom stereocenters. The highest BCUT2D eigenvalue weighted by atomic mass is 19.1. The van der Waals surface area contributed by atoms with Gasteiger partial charge in [-0.25, -0.2) is 4.39 Å². The van der Waals surface area contributed by atoms with Gasteiger partial charge in [-0.15, -0.1) is 0 Å². The summed E-state index contributed by atoms with van der Waals surface area (Å²) in [4.78, 5) is 28.8. The zero-order chi connectivity index (χ0) is 18.1. The van der Waals surface area contributed by atoms with E-state index >= 15 is 0 Å². The standard InChI is InChI=1S/C21H21FN2O2/c22-18-8-4-5-9-19(18)24-14-16(12-20(24)25)21(26)23(17-10-11-17)13-15-6-2-1-3-7-15/h1-9,16-17H,10-14H2/t16-/m0/s1.